The first kappa shape index (κ1) is 14.5. The van der Waals surface area contributed by atoms with Crippen molar-refractivity contribution in [3.63, 3.8) is 0 Å². The summed E-state index contributed by atoms with van der Waals surface area (Å²) in [7, 11) is 0. The summed E-state index contributed by atoms with van der Waals surface area (Å²) < 4.78 is 13.5. The van der Waals surface area contributed by atoms with Gasteiger partial charge in [0.05, 0.1) is 13.2 Å². The molecule has 0 aliphatic rings. The molecule has 0 spiro atoms. The van der Waals surface area contributed by atoms with Gasteiger partial charge in [0.2, 0.25) is 0 Å². The maximum absolute atomic E-state index is 5.73. The lowest BCUT2D eigenvalue weighted by Gasteiger charge is -2.08. The lowest BCUT2D eigenvalue weighted by atomic mass is 10.2. The highest BCUT2D eigenvalue weighted by Crippen LogP contribution is 2.22. The number of benzene rings is 2. The molecule has 2 aromatic carbocycles. The van der Waals surface area contributed by atoms with Crippen LogP contribution >= 0.6 is 0 Å². The second-order valence-corrected chi connectivity index (χ2v) is 5.18. The molecule has 1 aromatic heterocycles. The van der Waals surface area contributed by atoms with Crippen LogP contribution in [0.5, 0.6) is 11.5 Å². The fourth-order valence-electron chi connectivity index (χ4n) is 2.57. The Kier molecular flexibility index (Phi) is 4.64. The largest absolute Gasteiger partial charge is 0.494 e. The Morgan fingerprint density at radius 2 is 1.77 bits per heavy atom. The molecule has 114 valence electrons. The van der Waals surface area contributed by atoms with Crippen LogP contribution in [-0.4, -0.2) is 17.8 Å². The van der Waals surface area contributed by atoms with Crippen molar-refractivity contribution in [2.75, 3.05) is 13.2 Å². The molecule has 0 aliphatic carbocycles. The fourth-order valence-corrected chi connectivity index (χ4v) is 2.57. The highest BCUT2D eigenvalue weighted by Gasteiger charge is 2.03. The standard InChI is InChI=1S/C19H21NO2/c1-2-21-18-9-10-19-16(15-18)11-13-20(19)12-6-14-22-17-7-4-3-5-8-17/h3-5,7-11,13,15H,2,6,12,14H2,1H3. The van der Waals surface area contributed by atoms with Crippen molar-refractivity contribution < 1.29 is 9.47 Å². The van der Waals surface area contributed by atoms with Crippen LogP contribution in [0.1, 0.15) is 13.3 Å². The van der Waals surface area contributed by atoms with E-state index in [1.54, 1.807) is 0 Å². The van der Waals surface area contributed by atoms with Gasteiger partial charge < -0.3 is 14.0 Å². The third kappa shape index (κ3) is 3.42. The molecule has 0 amide bonds. The van der Waals surface area contributed by atoms with E-state index >= 15 is 0 Å². The fraction of sp³-hybridized carbons (Fsp3) is 0.263. The molecule has 3 aromatic rings. The number of aromatic nitrogens is 1. The zero-order chi connectivity index (χ0) is 15.2. The molecule has 3 rings (SSSR count). The molecule has 0 atom stereocenters. The van der Waals surface area contributed by atoms with Crippen LogP contribution in [0.3, 0.4) is 0 Å². The topological polar surface area (TPSA) is 23.4 Å². The molecule has 22 heavy (non-hydrogen) atoms. The van der Waals surface area contributed by atoms with Crippen LogP contribution < -0.4 is 9.47 Å². The number of nitrogens with zero attached hydrogens (tertiary/aromatic N) is 1. The Morgan fingerprint density at radius 3 is 2.59 bits per heavy atom. The third-order valence-corrected chi connectivity index (χ3v) is 3.61. The Morgan fingerprint density at radius 1 is 0.909 bits per heavy atom. The lowest BCUT2D eigenvalue weighted by Crippen LogP contribution is -2.03. The zero-order valence-electron chi connectivity index (χ0n) is 12.9. The first-order valence-electron chi connectivity index (χ1n) is 7.76. The maximum Gasteiger partial charge on any atom is 0.120 e. The Labute approximate surface area is 131 Å². The van der Waals surface area contributed by atoms with Crippen LogP contribution in [0.4, 0.5) is 0 Å². The number of hydrogen-bond donors (Lipinski definition) is 0. The number of aryl methyl sites for hydroxylation is 1. The van der Waals surface area contributed by atoms with Crippen molar-refractivity contribution in [2.24, 2.45) is 0 Å². The molecule has 3 nitrogen and oxygen atoms in total. The minimum atomic E-state index is 0.697. The Bertz CT molecular complexity index is 719. The summed E-state index contributed by atoms with van der Waals surface area (Å²) in [5, 5.41) is 1.22. The van der Waals surface area contributed by atoms with Gasteiger partial charge in [0.1, 0.15) is 11.5 Å². The van der Waals surface area contributed by atoms with Crippen LogP contribution in [0.15, 0.2) is 60.8 Å². The average Bonchev–Trinajstić information content (AvgIpc) is 2.95. The monoisotopic (exact) mass is 295 g/mol. The normalized spacial score (nSPS) is 10.8. The van der Waals surface area contributed by atoms with Gasteiger partial charge in [-0.3, -0.25) is 0 Å². The van der Waals surface area contributed by atoms with Gasteiger partial charge in [-0.25, -0.2) is 0 Å². The van der Waals surface area contributed by atoms with Crippen molar-refractivity contribution in [1.82, 2.24) is 4.57 Å². The van der Waals surface area contributed by atoms with Crippen molar-refractivity contribution in [3.05, 3.63) is 60.8 Å². The van der Waals surface area contributed by atoms with E-state index in [1.165, 1.54) is 10.9 Å². The summed E-state index contributed by atoms with van der Waals surface area (Å²) in [4.78, 5) is 0. The number of hydrogen-bond acceptors (Lipinski definition) is 2. The lowest BCUT2D eigenvalue weighted by molar-refractivity contribution is 0.302. The van der Waals surface area contributed by atoms with Gasteiger partial charge in [0, 0.05) is 23.6 Å². The predicted molar refractivity (Wildman–Crippen MR) is 89.7 cm³/mol. The van der Waals surface area contributed by atoms with Crippen molar-refractivity contribution in [2.45, 2.75) is 19.9 Å². The first-order chi connectivity index (χ1) is 10.9. The quantitative estimate of drug-likeness (QED) is 0.599. The van der Waals surface area contributed by atoms with E-state index in [4.69, 9.17) is 9.47 Å². The molecule has 0 aliphatic heterocycles. The molecule has 0 radical (unpaired) electrons. The van der Waals surface area contributed by atoms with Crippen LogP contribution in [0.25, 0.3) is 10.9 Å². The molecule has 0 fully saturated rings. The van der Waals surface area contributed by atoms with E-state index in [1.807, 2.05) is 43.3 Å². The van der Waals surface area contributed by atoms with E-state index in [0.29, 0.717) is 6.61 Å². The first-order valence-corrected chi connectivity index (χ1v) is 7.76. The van der Waals surface area contributed by atoms with Crippen LogP contribution in [0.2, 0.25) is 0 Å². The van der Waals surface area contributed by atoms with E-state index in [-0.39, 0.29) is 0 Å². The molecule has 0 unspecified atom stereocenters. The highest BCUT2D eigenvalue weighted by molar-refractivity contribution is 5.81. The smallest absolute Gasteiger partial charge is 0.120 e. The molecular weight excluding hydrogens is 274 g/mol. The molecule has 0 bridgehead atoms. The van der Waals surface area contributed by atoms with E-state index in [9.17, 15) is 0 Å². The van der Waals surface area contributed by atoms with Gasteiger partial charge in [-0.15, -0.1) is 0 Å². The molecular formula is C19H21NO2. The van der Waals surface area contributed by atoms with E-state index in [2.05, 4.69) is 29.0 Å². The van der Waals surface area contributed by atoms with E-state index in [0.717, 1.165) is 31.1 Å². The maximum atomic E-state index is 5.73. The Hall–Kier alpha value is -2.42. The Balaban J connectivity index is 1.57. The third-order valence-electron chi connectivity index (χ3n) is 3.61. The van der Waals surface area contributed by atoms with Gasteiger partial charge in [-0.1, -0.05) is 18.2 Å². The summed E-state index contributed by atoms with van der Waals surface area (Å²) in [6, 6.07) is 18.3. The summed E-state index contributed by atoms with van der Waals surface area (Å²) in [6.07, 6.45) is 3.11. The second kappa shape index (κ2) is 7.03. The molecule has 0 N–H and O–H groups in total. The van der Waals surface area contributed by atoms with Gasteiger partial charge >= 0.3 is 0 Å². The summed E-state index contributed by atoms with van der Waals surface area (Å²) >= 11 is 0. The zero-order valence-corrected chi connectivity index (χ0v) is 12.9. The van der Waals surface area contributed by atoms with Gasteiger partial charge in [-0.2, -0.15) is 0 Å². The number of para-hydroxylation sites is 1. The van der Waals surface area contributed by atoms with Crippen LogP contribution in [-0.2, 0) is 6.54 Å². The number of rotatable bonds is 7. The molecule has 3 heteroatoms. The summed E-state index contributed by atoms with van der Waals surface area (Å²) in [5.41, 5.74) is 1.24. The van der Waals surface area contributed by atoms with Crippen LogP contribution in [0, 0.1) is 0 Å². The summed E-state index contributed by atoms with van der Waals surface area (Å²) in [6.45, 7) is 4.37. The van der Waals surface area contributed by atoms with Crippen molar-refractivity contribution in [1.29, 1.82) is 0 Å². The molecule has 0 saturated carbocycles. The highest BCUT2D eigenvalue weighted by atomic mass is 16.5. The number of fused-ring (bicyclic) bond motifs is 1. The average molecular weight is 295 g/mol. The molecule has 0 saturated heterocycles. The van der Waals surface area contributed by atoms with E-state index < -0.39 is 0 Å². The van der Waals surface area contributed by atoms with Gasteiger partial charge in [-0.05, 0) is 49.7 Å². The number of ether oxygens (including phenoxy) is 2. The predicted octanol–water partition coefficient (Wildman–Crippen LogP) is 4.51. The van der Waals surface area contributed by atoms with Crippen molar-refractivity contribution >= 4 is 10.9 Å². The minimum Gasteiger partial charge on any atom is -0.494 e. The van der Waals surface area contributed by atoms with Crippen molar-refractivity contribution in [3.8, 4) is 11.5 Å². The summed E-state index contributed by atoms with van der Waals surface area (Å²) in [5.74, 6) is 1.86. The van der Waals surface area contributed by atoms with Gasteiger partial charge in [0.15, 0.2) is 0 Å². The SMILES string of the molecule is CCOc1ccc2c(ccn2CCCOc2ccccc2)c1. The molecule has 1 heterocycles. The van der Waals surface area contributed by atoms with Gasteiger partial charge in [0.25, 0.3) is 0 Å². The second-order valence-electron chi connectivity index (χ2n) is 5.18. The minimum absolute atomic E-state index is 0.697.